The zero-order valence-corrected chi connectivity index (χ0v) is 19.4. The Bertz CT molecular complexity index is 1160. The highest BCUT2D eigenvalue weighted by Gasteiger charge is 2.32. The minimum atomic E-state index is -1.10. The molecule has 2 aromatic carbocycles. The summed E-state index contributed by atoms with van der Waals surface area (Å²) in [5.74, 6) is 0.0695. The van der Waals surface area contributed by atoms with Gasteiger partial charge in [0, 0.05) is 18.1 Å². The van der Waals surface area contributed by atoms with Gasteiger partial charge in [-0.15, -0.1) is 0 Å². The van der Waals surface area contributed by atoms with Gasteiger partial charge in [0.15, 0.2) is 11.4 Å². The SMILES string of the molecule is CCOC(=O)C(C)(C)Oc1c(C)cc(/C=C/C(=O)c2ccc(NC)c3ccoc23)cc1C. The highest BCUT2D eigenvalue weighted by molar-refractivity contribution is 6.15. The van der Waals surface area contributed by atoms with Crippen molar-refractivity contribution in [2.24, 2.45) is 0 Å². The van der Waals surface area contributed by atoms with Crippen molar-refractivity contribution < 1.29 is 23.5 Å². The lowest BCUT2D eigenvalue weighted by Gasteiger charge is -2.26. The summed E-state index contributed by atoms with van der Waals surface area (Å²) in [5, 5.41) is 3.96. The van der Waals surface area contributed by atoms with E-state index in [1.165, 1.54) is 6.08 Å². The van der Waals surface area contributed by atoms with E-state index >= 15 is 0 Å². The largest absolute Gasteiger partial charge is 0.476 e. The first-order chi connectivity index (χ1) is 15.2. The van der Waals surface area contributed by atoms with Crippen LogP contribution in [0.25, 0.3) is 17.0 Å². The molecule has 32 heavy (non-hydrogen) atoms. The van der Waals surface area contributed by atoms with Crippen LogP contribution in [0, 0.1) is 13.8 Å². The minimum Gasteiger partial charge on any atom is -0.476 e. The minimum absolute atomic E-state index is 0.147. The number of anilines is 1. The van der Waals surface area contributed by atoms with Crippen molar-refractivity contribution in [2.45, 2.75) is 40.2 Å². The first-order valence-electron chi connectivity index (χ1n) is 10.6. The maximum absolute atomic E-state index is 12.8. The Balaban J connectivity index is 1.84. The van der Waals surface area contributed by atoms with Crippen molar-refractivity contribution in [3.63, 3.8) is 0 Å². The average molecular weight is 436 g/mol. The molecule has 6 nitrogen and oxygen atoms in total. The molecule has 0 unspecified atom stereocenters. The van der Waals surface area contributed by atoms with E-state index in [1.807, 2.05) is 45.2 Å². The molecule has 0 fully saturated rings. The lowest BCUT2D eigenvalue weighted by molar-refractivity contribution is -0.158. The van der Waals surface area contributed by atoms with Crippen molar-refractivity contribution in [1.82, 2.24) is 0 Å². The van der Waals surface area contributed by atoms with E-state index in [2.05, 4.69) is 5.32 Å². The maximum Gasteiger partial charge on any atom is 0.349 e. The summed E-state index contributed by atoms with van der Waals surface area (Å²) < 4.78 is 16.7. The average Bonchev–Trinajstić information content (AvgIpc) is 3.24. The molecule has 0 aliphatic carbocycles. The fourth-order valence-electron chi connectivity index (χ4n) is 3.58. The van der Waals surface area contributed by atoms with E-state index in [0.717, 1.165) is 27.8 Å². The first-order valence-corrected chi connectivity index (χ1v) is 10.6. The molecule has 0 bridgehead atoms. The molecule has 0 aliphatic rings. The van der Waals surface area contributed by atoms with Crippen LogP contribution in [0.3, 0.4) is 0 Å². The fraction of sp³-hybridized carbons (Fsp3) is 0.308. The van der Waals surface area contributed by atoms with Crippen LogP contribution in [0.1, 0.15) is 47.8 Å². The number of hydrogen-bond donors (Lipinski definition) is 1. The normalized spacial score (nSPS) is 11.7. The number of benzene rings is 2. The van der Waals surface area contributed by atoms with E-state index in [-0.39, 0.29) is 5.78 Å². The Labute approximate surface area is 188 Å². The van der Waals surface area contributed by atoms with Gasteiger partial charge in [-0.05, 0) is 87.7 Å². The van der Waals surface area contributed by atoms with Crippen LogP contribution in [0.2, 0.25) is 0 Å². The van der Waals surface area contributed by atoms with Crippen molar-refractivity contribution >= 4 is 34.5 Å². The molecular formula is C26H29NO5. The lowest BCUT2D eigenvalue weighted by Crippen LogP contribution is -2.40. The number of ether oxygens (including phenoxy) is 2. The van der Waals surface area contributed by atoms with E-state index in [9.17, 15) is 9.59 Å². The molecule has 0 amide bonds. The molecule has 3 aromatic rings. The summed E-state index contributed by atoms with van der Waals surface area (Å²) in [6.45, 7) is 9.25. The number of ketones is 1. The smallest absolute Gasteiger partial charge is 0.349 e. The molecule has 0 saturated carbocycles. The van der Waals surface area contributed by atoms with Gasteiger partial charge in [0.05, 0.1) is 18.4 Å². The third-order valence-corrected chi connectivity index (χ3v) is 5.19. The lowest BCUT2D eigenvalue weighted by atomic mass is 10.0. The summed E-state index contributed by atoms with van der Waals surface area (Å²) in [6, 6.07) is 9.30. The quantitative estimate of drug-likeness (QED) is 0.277. The summed E-state index contributed by atoms with van der Waals surface area (Å²) >= 11 is 0. The summed E-state index contributed by atoms with van der Waals surface area (Å²) in [6.07, 6.45) is 4.88. The number of fused-ring (bicyclic) bond motifs is 1. The predicted octanol–water partition coefficient (Wildman–Crippen LogP) is 5.71. The Morgan fingerprint density at radius 1 is 1.12 bits per heavy atom. The van der Waals surface area contributed by atoms with E-state index in [1.54, 1.807) is 39.2 Å². The maximum atomic E-state index is 12.8. The van der Waals surface area contributed by atoms with E-state index in [4.69, 9.17) is 13.9 Å². The molecule has 0 atom stereocenters. The van der Waals surface area contributed by atoms with Crippen LogP contribution in [-0.4, -0.2) is 31.0 Å². The Morgan fingerprint density at radius 3 is 2.44 bits per heavy atom. The van der Waals surface area contributed by atoms with Crippen molar-refractivity contribution in [3.05, 3.63) is 64.9 Å². The number of esters is 1. The van der Waals surface area contributed by atoms with Crippen LogP contribution in [0.4, 0.5) is 5.69 Å². The summed E-state index contributed by atoms with van der Waals surface area (Å²) in [4.78, 5) is 25.0. The molecular weight excluding hydrogens is 406 g/mol. The number of furan rings is 1. The van der Waals surface area contributed by atoms with Gasteiger partial charge in [-0.3, -0.25) is 4.79 Å². The molecule has 1 aromatic heterocycles. The van der Waals surface area contributed by atoms with Gasteiger partial charge in [-0.1, -0.05) is 6.08 Å². The highest BCUT2D eigenvalue weighted by Crippen LogP contribution is 2.30. The zero-order valence-electron chi connectivity index (χ0n) is 19.4. The van der Waals surface area contributed by atoms with E-state index < -0.39 is 11.6 Å². The molecule has 1 heterocycles. The number of aryl methyl sites for hydroxylation is 2. The van der Waals surface area contributed by atoms with Crippen LogP contribution < -0.4 is 10.1 Å². The molecule has 1 N–H and O–H groups in total. The second-order valence-corrected chi connectivity index (χ2v) is 8.09. The summed E-state index contributed by atoms with van der Waals surface area (Å²) in [7, 11) is 1.83. The van der Waals surface area contributed by atoms with Gasteiger partial charge >= 0.3 is 5.97 Å². The number of allylic oxidation sites excluding steroid dienone is 1. The molecule has 0 saturated heterocycles. The third kappa shape index (κ3) is 4.69. The van der Waals surface area contributed by atoms with Gasteiger partial charge in [0.2, 0.25) is 0 Å². The van der Waals surface area contributed by atoms with Crippen LogP contribution in [0.15, 0.2) is 47.1 Å². The van der Waals surface area contributed by atoms with Gasteiger partial charge in [0.1, 0.15) is 11.3 Å². The Kier molecular flexibility index (Phi) is 6.72. The molecule has 168 valence electrons. The molecule has 0 aliphatic heterocycles. The predicted molar refractivity (Wildman–Crippen MR) is 126 cm³/mol. The number of carbonyl (C=O) groups excluding carboxylic acids is 2. The zero-order chi connectivity index (χ0) is 23.5. The Morgan fingerprint density at radius 2 is 1.81 bits per heavy atom. The van der Waals surface area contributed by atoms with Crippen molar-refractivity contribution in [1.29, 1.82) is 0 Å². The second kappa shape index (κ2) is 9.30. The van der Waals surface area contributed by atoms with E-state index in [0.29, 0.717) is 23.5 Å². The van der Waals surface area contributed by atoms with Gasteiger partial charge < -0.3 is 19.2 Å². The first kappa shape index (κ1) is 23.1. The topological polar surface area (TPSA) is 77.8 Å². The monoisotopic (exact) mass is 435 g/mol. The van der Waals surface area contributed by atoms with Gasteiger partial charge in [-0.25, -0.2) is 4.79 Å². The number of carbonyl (C=O) groups is 2. The fourth-order valence-corrected chi connectivity index (χ4v) is 3.58. The van der Waals surface area contributed by atoms with Gasteiger partial charge in [0.25, 0.3) is 0 Å². The van der Waals surface area contributed by atoms with Crippen LogP contribution in [-0.2, 0) is 9.53 Å². The second-order valence-electron chi connectivity index (χ2n) is 8.09. The number of nitrogens with one attached hydrogen (secondary N) is 1. The number of hydrogen-bond acceptors (Lipinski definition) is 6. The highest BCUT2D eigenvalue weighted by atomic mass is 16.6. The van der Waals surface area contributed by atoms with Crippen LogP contribution >= 0.6 is 0 Å². The molecule has 0 radical (unpaired) electrons. The van der Waals surface area contributed by atoms with Crippen LogP contribution in [0.5, 0.6) is 5.75 Å². The van der Waals surface area contributed by atoms with Gasteiger partial charge in [-0.2, -0.15) is 0 Å². The number of rotatable bonds is 8. The van der Waals surface area contributed by atoms with Crippen molar-refractivity contribution in [3.8, 4) is 5.75 Å². The third-order valence-electron chi connectivity index (χ3n) is 5.19. The molecule has 6 heteroatoms. The molecule has 0 spiro atoms. The Hall–Kier alpha value is -3.54. The van der Waals surface area contributed by atoms with Crippen molar-refractivity contribution in [2.75, 3.05) is 19.0 Å². The standard InChI is InChI=1S/C26H29NO5/c1-7-30-25(29)26(4,5)32-23-16(2)14-18(15-17(23)3)8-11-22(28)20-9-10-21(27-6)19-12-13-31-24(19)20/h8-15,27H,7H2,1-6H3/b11-8+. The molecule has 3 rings (SSSR count). The summed E-state index contributed by atoms with van der Waals surface area (Å²) in [5.41, 5.74) is 3.45.